The zero-order valence-electron chi connectivity index (χ0n) is 11.7. The maximum absolute atomic E-state index is 12.0. The molecule has 2 unspecified atom stereocenters. The molecule has 2 atom stereocenters. The molecule has 1 aliphatic carbocycles. The lowest BCUT2D eigenvalue weighted by atomic mass is 9.82. The van der Waals surface area contributed by atoms with Crippen LogP contribution in [0.2, 0.25) is 0 Å². The number of fused-ring (bicyclic) bond motifs is 1. The fourth-order valence-electron chi connectivity index (χ4n) is 3.27. The van der Waals surface area contributed by atoms with Gasteiger partial charge >= 0.3 is 0 Å². The standard InChI is InChI=1S/C16H22N2O.ClH/c19-16(18-15-7-8-17-11-15)10-12-5-6-13-3-1-2-4-14(13)9-12;/h1-4,12,15,17H,5-11H2,(H,18,19);1H. The third-order valence-corrected chi connectivity index (χ3v) is 4.35. The van der Waals surface area contributed by atoms with Gasteiger partial charge in [0, 0.05) is 19.0 Å². The average molecular weight is 295 g/mol. The van der Waals surface area contributed by atoms with Gasteiger partial charge in [0.25, 0.3) is 0 Å². The summed E-state index contributed by atoms with van der Waals surface area (Å²) in [4.78, 5) is 12.0. The lowest BCUT2D eigenvalue weighted by Gasteiger charge is -2.24. The Labute approximate surface area is 126 Å². The first-order valence-corrected chi connectivity index (χ1v) is 7.38. The summed E-state index contributed by atoms with van der Waals surface area (Å²) in [6.07, 6.45) is 5.09. The Kier molecular flexibility index (Phi) is 5.44. The molecule has 0 aromatic heterocycles. The van der Waals surface area contributed by atoms with E-state index in [1.54, 1.807) is 0 Å². The van der Waals surface area contributed by atoms with Crippen molar-refractivity contribution in [1.82, 2.24) is 10.6 Å². The minimum Gasteiger partial charge on any atom is -0.352 e. The second-order valence-electron chi connectivity index (χ2n) is 5.84. The lowest BCUT2D eigenvalue weighted by molar-refractivity contribution is -0.122. The van der Waals surface area contributed by atoms with Gasteiger partial charge in [-0.3, -0.25) is 4.79 Å². The molecule has 1 amide bonds. The number of rotatable bonds is 3. The quantitative estimate of drug-likeness (QED) is 0.896. The summed E-state index contributed by atoms with van der Waals surface area (Å²) in [5.41, 5.74) is 2.91. The van der Waals surface area contributed by atoms with Crippen LogP contribution in [-0.4, -0.2) is 25.0 Å². The minimum atomic E-state index is 0. The third kappa shape index (κ3) is 3.74. The van der Waals surface area contributed by atoms with Crippen LogP contribution in [-0.2, 0) is 17.6 Å². The fourth-order valence-corrected chi connectivity index (χ4v) is 3.27. The largest absolute Gasteiger partial charge is 0.352 e. The van der Waals surface area contributed by atoms with Gasteiger partial charge in [0.2, 0.25) is 5.91 Å². The van der Waals surface area contributed by atoms with Crippen molar-refractivity contribution in [2.24, 2.45) is 5.92 Å². The molecule has 4 heteroatoms. The Hall–Kier alpha value is -1.06. The summed E-state index contributed by atoms with van der Waals surface area (Å²) in [5.74, 6) is 0.752. The van der Waals surface area contributed by atoms with Crippen LogP contribution in [0.25, 0.3) is 0 Å². The van der Waals surface area contributed by atoms with Crippen LogP contribution in [0.3, 0.4) is 0 Å². The lowest BCUT2D eigenvalue weighted by Crippen LogP contribution is -2.37. The highest BCUT2D eigenvalue weighted by atomic mass is 35.5. The maximum atomic E-state index is 12.0. The number of carbonyl (C=O) groups is 1. The van der Waals surface area contributed by atoms with Crippen molar-refractivity contribution >= 4 is 18.3 Å². The molecule has 1 aromatic carbocycles. The Balaban J connectivity index is 0.00000147. The van der Waals surface area contributed by atoms with E-state index in [2.05, 4.69) is 34.9 Å². The van der Waals surface area contributed by atoms with Gasteiger partial charge in [-0.15, -0.1) is 12.4 Å². The van der Waals surface area contributed by atoms with Crippen LogP contribution in [0.15, 0.2) is 24.3 Å². The molecule has 0 spiro atoms. The molecule has 2 aliphatic rings. The van der Waals surface area contributed by atoms with Crippen LogP contribution in [0.1, 0.15) is 30.4 Å². The number of hydrogen-bond acceptors (Lipinski definition) is 2. The van der Waals surface area contributed by atoms with Crippen molar-refractivity contribution < 1.29 is 4.79 Å². The Morgan fingerprint density at radius 2 is 2.05 bits per heavy atom. The van der Waals surface area contributed by atoms with E-state index in [0.29, 0.717) is 18.4 Å². The molecule has 0 saturated carbocycles. The minimum absolute atomic E-state index is 0. The molecule has 0 radical (unpaired) electrons. The van der Waals surface area contributed by atoms with E-state index in [-0.39, 0.29) is 18.3 Å². The molecule has 1 saturated heterocycles. The second kappa shape index (κ2) is 7.09. The zero-order chi connectivity index (χ0) is 13.1. The van der Waals surface area contributed by atoms with E-state index in [0.717, 1.165) is 38.8 Å². The summed E-state index contributed by atoms with van der Waals surface area (Å²) in [6, 6.07) is 8.99. The van der Waals surface area contributed by atoms with Crippen molar-refractivity contribution in [3.8, 4) is 0 Å². The monoisotopic (exact) mass is 294 g/mol. The first kappa shape index (κ1) is 15.3. The average Bonchev–Trinajstić information content (AvgIpc) is 2.91. The summed E-state index contributed by atoms with van der Waals surface area (Å²) in [6.45, 7) is 1.96. The van der Waals surface area contributed by atoms with Crippen LogP contribution < -0.4 is 10.6 Å². The van der Waals surface area contributed by atoms with Gasteiger partial charge in [-0.25, -0.2) is 0 Å². The van der Waals surface area contributed by atoms with Crippen LogP contribution in [0, 0.1) is 5.92 Å². The summed E-state index contributed by atoms with van der Waals surface area (Å²) >= 11 is 0. The topological polar surface area (TPSA) is 41.1 Å². The van der Waals surface area contributed by atoms with Crippen molar-refractivity contribution in [2.45, 2.75) is 38.1 Å². The molecule has 1 heterocycles. The van der Waals surface area contributed by atoms with Gasteiger partial charge in [0.1, 0.15) is 0 Å². The number of halogens is 1. The van der Waals surface area contributed by atoms with Gasteiger partial charge < -0.3 is 10.6 Å². The highest BCUT2D eigenvalue weighted by Gasteiger charge is 2.22. The Morgan fingerprint density at radius 3 is 2.80 bits per heavy atom. The molecule has 1 aliphatic heterocycles. The summed E-state index contributed by atoms with van der Waals surface area (Å²) in [7, 11) is 0. The van der Waals surface area contributed by atoms with Gasteiger partial charge in [-0.1, -0.05) is 24.3 Å². The second-order valence-corrected chi connectivity index (χ2v) is 5.84. The molecular formula is C16H23ClN2O. The van der Waals surface area contributed by atoms with Gasteiger partial charge in [-0.05, 0) is 49.3 Å². The highest BCUT2D eigenvalue weighted by molar-refractivity contribution is 5.85. The van der Waals surface area contributed by atoms with E-state index < -0.39 is 0 Å². The molecule has 20 heavy (non-hydrogen) atoms. The van der Waals surface area contributed by atoms with Crippen molar-refractivity contribution in [1.29, 1.82) is 0 Å². The van der Waals surface area contributed by atoms with Crippen LogP contribution in [0.4, 0.5) is 0 Å². The SMILES string of the molecule is Cl.O=C(CC1CCc2ccccc2C1)NC1CCNC1. The predicted octanol–water partition coefficient (Wildman–Crippen LogP) is 2.08. The number of aryl methyl sites for hydroxylation is 1. The van der Waals surface area contributed by atoms with E-state index >= 15 is 0 Å². The Morgan fingerprint density at radius 1 is 1.25 bits per heavy atom. The molecule has 2 N–H and O–H groups in total. The van der Waals surface area contributed by atoms with Gasteiger partial charge in [0.05, 0.1) is 0 Å². The predicted molar refractivity (Wildman–Crippen MR) is 83.2 cm³/mol. The van der Waals surface area contributed by atoms with Crippen LogP contribution in [0.5, 0.6) is 0 Å². The van der Waals surface area contributed by atoms with E-state index in [9.17, 15) is 4.79 Å². The number of hydrogen-bond donors (Lipinski definition) is 2. The van der Waals surface area contributed by atoms with Crippen molar-refractivity contribution in [3.63, 3.8) is 0 Å². The van der Waals surface area contributed by atoms with Crippen LogP contribution >= 0.6 is 12.4 Å². The molecule has 3 rings (SSSR count). The van der Waals surface area contributed by atoms with Crippen molar-refractivity contribution in [2.75, 3.05) is 13.1 Å². The van der Waals surface area contributed by atoms with E-state index in [4.69, 9.17) is 0 Å². The Bertz CT molecular complexity index is 458. The molecule has 1 aromatic rings. The number of benzene rings is 1. The first-order chi connectivity index (χ1) is 9.31. The smallest absolute Gasteiger partial charge is 0.220 e. The third-order valence-electron chi connectivity index (χ3n) is 4.35. The number of carbonyl (C=O) groups excluding carboxylic acids is 1. The van der Waals surface area contributed by atoms with Gasteiger partial charge in [-0.2, -0.15) is 0 Å². The van der Waals surface area contributed by atoms with Gasteiger partial charge in [0.15, 0.2) is 0 Å². The van der Waals surface area contributed by atoms with E-state index in [1.165, 1.54) is 11.1 Å². The maximum Gasteiger partial charge on any atom is 0.220 e. The molecule has 0 bridgehead atoms. The number of amides is 1. The zero-order valence-corrected chi connectivity index (χ0v) is 12.5. The number of nitrogens with one attached hydrogen (secondary N) is 2. The molecule has 1 fully saturated rings. The molecule has 110 valence electrons. The molecular weight excluding hydrogens is 272 g/mol. The van der Waals surface area contributed by atoms with E-state index in [1.807, 2.05) is 0 Å². The highest BCUT2D eigenvalue weighted by Crippen LogP contribution is 2.27. The van der Waals surface area contributed by atoms with Crippen molar-refractivity contribution in [3.05, 3.63) is 35.4 Å². The molecule has 3 nitrogen and oxygen atoms in total. The fraction of sp³-hybridized carbons (Fsp3) is 0.562. The first-order valence-electron chi connectivity index (χ1n) is 7.38. The summed E-state index contributed by atoms with van der Waals surface area (Å²) in [5, 5.41) is 6.43. The summed E-state index contributed by atoms with van der Waals surface area (Å²) < 4.78 is 0. The normalized spacial score (nSPS) is 24.6.